The first-order valence-electron chi connectivity index (χ1n) is 4.60. The molecule has 0 atom stereocenters. The first-order chi connectivity index (χ1) is 7.29. The van der Waals surface area contributed by atoms with Crippen LogP contribution in [0.2, 0.25) is 0 Å². The van der Waals surface area contributed by atoms with Crippen molar-refractivity contribution in [2.75, 3.05) is 0 Å². The molecule has 2 heterocycles. The quantitative estimate of drug-likeness (QED) is 0.773. The SMILES string of the molecule is Cc1cc(CN)nc(-c2cnccn2)n1. The molecule has 0 amide bonds. The van der Waals surface area contributed by atoms with Gasteiger partial charge in [-0.25, -0.2) is 15.0 Å². The molecule has 0 aromatic carbocycles. The molecule has 0 aliphatic heterocycles. The average Bonchev–Trinajstić information content (AvgIpc) is 2.29. The molecule has 5 nitrogen and oxygen atoms in total. The Morgan fingerprint density at radius 3 is 2.80 bits per heavy atom. The number of nitrogens with zero attached hydrogens (tertiary/aromatic N) is 4. The normalized spacial score (nSPS) is 10.3. The molecule has 0 saturated carbocycles. The molecule has 76 valence electrons. The molecule has 2 aromatic rings. The van der Waals surface area contributed by atoms with Crippen molar-refractivity contribution in [3.05, 3.63) is 36.0 Å². The van der Waals surface area contributed by atoms with Gasteiger partial charge in [-0.2, -0.15) is 0 Å². The zero-order chi connectivity index (χ0) is 10.7. The van der Waals surface area contributed by atoms with E-state index in [-0.39, 0.29) is 0 Å². The Morgan fingerprint density at radius 1 is 1.27 bits per heavy atom. The molecule has 2 N–H and O–H groups in total. The Hall–Kier alpha value is -1.88. The van der Waals surface area contributed by atoms with Crippen LogP contribution in [0.5, 0.6) is 0 Å². The first-order valence-corrected chi connectivity index (χ1v) is 4.60. The van der Waals surface area contributed by atoms with Crippen LogP contribution in [-0.2, 0) is 6.54 Å². The van der Waals surface area contributed by atoms with E-state index in [0.717, 1.165) is 11.4 Å². The fourth-order valence-electron chi connectivity index (χ4n) is 1.27. The summed E-state index contributed by atoms with van der Waals surface area (Å²) in [6, 6.07) is 1.86. The van der Waals surface area contributed by atoms with E-state index in [2.05, 4.69) is 19.9 Å². The fourth-order valence-corrected chi connectivity index (χ4v) is 1.27. The van der Waals surface area contributed by atoms with E-state index in [1.54, 1.807) is 18.6 Å². The van der Waals surface area contributed by atoms with E-state index >= 15 is 0 Å². The molecule has 0 unspecified atom stereocenters. The number of aryl methyl sites for hydroxylation is 1. The van der Waals surface area contributed by atoms with E-state index in [1.165, 1.54) is 0 Å². The number of hydrogen-bond donors (Lipinski definition) is 1. The van der Waals surface area contributed by atoms with Crippen molar-refractivity contribution in [1.82, 2.24) is 19.9 Å². The van der Waals surface area contributed by atoms with Crippen LogP contribution in [0.15, 0.2) is 24.7 Å². The minimum absolute atomic E-state index is 0.399. The largest absolute Gasteiger partial charge is 0.325 e. The highest BCUT2D eigenvalue weighted by atomic mass is 14.9. The van der Waals surface area contributed by atoms with Crippen molar-refractivity contribution in [1.29, 1.82) is 0 Å². The molecule has 5 heteroatoms. The van der Waals surface area contributed by atoms with E-state index < -0.39 is 0 Å². The van der Waals surface area contributed by atoms with Crippen LogP contribution in [0.3, 0.4) is 0 Å². The standard InChI is InChI=1S/C10H11N5/c1-7-4-8(5-11)15-10(14-7)9-6-12-2-3-13-9/h2-4,6H,5,11H2,1H3. The van der Waals surface area contributed by atoms with Crippen molar-refractivity contribution < 1.29 is 0 Å². The fraction of sp³-hybridized carbons (Fsp3) is 0.200. The lowest BCUT2D eigenvalue weighted by molar-refractivity contribution is 0.946. The van der Waals surface area contributed by atoms with Gasteiger partial charge in [-0.15, -0.1) is 0 Å². The molecule has 0 bridgehead atoms. The summed E-state index contributed by atoms with van der Waals surface area (Å²) in [6.45, 7) is 2.30. The van der Waals surface area contributed by atoms with Gasteiger partial charge in [-0.3, -0.25) is 4.98 Å². The number of aromatic nitrogens is 4. The molecule has 0 spiro atoms. The topological polar surface area (TPSA) is 77.6 Å². The summed E-state index contributed by atoms with van der Waals surface area (Å²) in [6.07, 6.45) is 4.86. The van der Waals surface area contributed by atoms with Crippen LogP contribution in [0.1, 0.15) is 11.4 Å². The number of hydrogen-bond acceptors (Lipinski definition) is 5. The van der Waals surface area contributed by atoms with Crippen LogP contribution in [-0.4, -0.2) is 19.9 Å². The molecule has 0 radical (unpaired) electrons. The predicted octanol–water partition coefficient (Wildman–Crippen LogP) is 0.701. The number of rotatable bonds is 2. The maximum absolute atomic E-state index is 5.54. The second kappa shape index (κ2) is 4.10. The lowest BCUT2D eigenvalue weighted by atomic mass is 10.3. The molecular weight excluding hydrogens is 190 g/mol. The highest BCUT2D eigenvalue weighted by Crippen LogP contribution is 2.11. The van der Waals surface area contributed by atoms with Gasteiger partial charge in [-0.05, 0) is 13.0 Å². The van der Waals surface area contributed by atoms with Crippen molar-refractivity contribution in [2.24, 2.45) is 5.73 Å². The van der Waals surface area contributed by atoms with E-state index in [0.29, 0.717) is 18.1 Å². The third-order valence-electron chi connectivity index (χ3n) is 1.91. The Bertz CT molecular complexity index is 455. The zero-order valence-electron chi connectivity index (χ0n) is 8.38. The first kappa shape index (κ1) is 9.67. The van der Waals surface area contributed by atoms with Gasteiger partial charge in [0.25, 0.3) is 0 Å². The van der Waals surface area contributed by atoms with Crippen LogP contribution in [0.25, 0.3) is 11.5 Å². The Balaban J connectivity index is 2.49. The third kappa shape index (κ3) is 2.13. The monoisotopic (exact) mass is 201 g/mol. The van der Waals surface area contributed by atoms with E-state index in [9.17, 15) is 0 Å². The third-order valence-corrected chi connectivity index (χ3v) is 1.91. The van der Waals surface area contributed by atoms with Crippen molar-refractivity contribution in [3.63, 3.8) is 0 Å². The van der Waals surface area contributed by atoms with Crippen LogP contribution >= 0.6 is 0 Å². The van der Waals surface area contributed by atoms with Crippen LogP contribution < -0.4 is 5.73 Å². The Labute approximate surface area is 87.4 Å². The van der Waals surface area contributed by atoms with Gasteiger partial charge in [0.2, 0.25) is 0 Å². The highest BCUT2D eigenvalue weighted by Gasteiger charge is 2.04. The molecule has 15 heavy (non-hydrogen) atoms. The van der Waals surface area contributed by atoms with Gasteiger partial charge in [0.1, 0.15) is 5.69 Å². The summed E-state index contributed by atoms with van der Waals surface area (Å²) in [7, 11) is 0. The summed E-state index contributed by atoms with van der Waals surface area (Å²) in [5.74, 6) is 0.573. The molecular formula is C10H11N5. The van der Waals surface area contributed by atoms with E-state index in [1.807, 2.05) is 13.0 Å². The van der Waals surface area contributed by atoms with E-state index in [4.69, 9.17) is 5.73 Å². The second-order valence-electron chi connectivity index (χ2n) is 3.12. The maximum atomic E-state index is 5.54. The minimum Gasteiger partial charge on any atom is -0.325 e. The number of nitrogens with two attached hydrogens (primary N) is 1. The summed E-state index contributed by atoms with van der Waals surface area (Å²) in [5, 5.41) is 0. The van der Waals surface area contributed by atoms with Crippen molar-refractivity contribution in [2.45, 2.75) is 13.5 Å². The molecule has 2 aromatic heterocycles. The molecule has 0 fully saturated rings. The molecule has 0 aliphatic carbocycles. The minimum atomic E-state index is 0.399. The summed E-state index contributed by atoms with van der Waals surface area (Å²) < 4.78 is 0. The van der Waals surface area contributed by atoms with Gasteiger partial charge in [0, 0.05) is 24.6 Å². The molecule has 2 rings (SSSR count). The zero-order valence-corrected chi connectivity index (χ0v) is 8.38. The predicted molar refractivity (Wildman–Crippen MR) is 55.7 cm³/mol. The Kier molecular flexibility index (Phi) is 2.64. The van der Waals surface area contributed by atoms with Gasteiger partial charge in [-0.1, -0.05) is 0 Å². The van der Waals surface area contributed by atoms with Gasteiger partial charge in [0.15, 0.2) is 5.82 Å². The second-order valence-corrected chi connectivity index (χ2v) is 3.12. The van der Waals surface area contributed by atoms with Crippen molar-refractivity contribution in [3.8, 4) is 11.5 Å². The van der Waals surface area contributed by atoms with Crippen molar-refractivity contribution >= 4 is 0 Å². The smallest absolute Gasteiger partial charge is 0.180 e. The van der Waals surface area contributed by atoms with Gasteiger partial charge >= 0.3 is 0 Å². The molecule has 0 saturated heterocycles. The maximum Gasteiger partial charge on any atom is 0.180 e. The van der Waals surface area contributed by atoms with Gasteiger partial charge < -0.3 is 5.73 Å². The van der Waals surface area contributed by atoms with Gasteiger partial charge in [0.05, 0.1) is 11.9 Å². The van der Waals surface area contributed by atoms with Crippen LogP contribution in [0.4, 0.5) is 0 Å². The lowest BCUT2D eigenvalue weighted by Gasteiger charge is -2.02. The van der Waals surface area contributed by atoms with Crippen LogP contribution in [0, 0.1) is 6.92 Å². The average molecular weight is 201 g/mol. The summed E-state index contributed by atoms with van der Waals surface area (Å²) in [4.78, 5) is 16.7. The lowest BCUT2D eigenvalue weighted by Crippen LogP contribution is -2.04. The molecule has 0 aliphatic rings. The highest BCUT2D eigenvalue weighted by molar-refractivity contribution is 5.47. The summed E-state index contributed by atoms with van der Waals surface area (Å²) in [5.41, 5.74) is 7.89. The Morgan fingerprint density at radius 2 is 2.13 bits per heavy atom. The summed E-state index contributed by atoms with van der Waals surface area (Å²) >= 11 is 0.